The number of amides is 1. The Morgan fingerprint density at radius 3 is 2.86 bits per heavy atom. The number of nitrogens with zero attached hydrogens (tertiary/aromatic N) is 5. The van der Waals surface area contributed by atoms with Crippen LogP contribution in [0, 0.1) is 5.92 Å². The van der Waals surface area contributed by atoms with Crippen LogP contribution in [-0.4, -0.2) is 49.3 Å². The molecule has 0 spiro atoms. The van der Waals surface area contributed by atoms with Crippen LogP contribution in [0.25, 0.3) is 22.6 Å². The molecule has 1 aliphatic carbocycles. The highest BCUT2D eigenvalue weighted by atomic mass is 79.9. The molecular formula is C21H25BrN6O. The maximum atomic E-state index is 13.0. The molecule has 1 amide bonds. The molecule has 1 atom stereocenters. The van der Waals surface area contributed by atoms with Crippen LogP contribution < -0.4 is 5.73 Å². The minimum absolute atomic E-state index is 0.0378. The van der Waals surface area contributed by atoms with Gasteiger partial charge in [0.25, 0.3) is 5.91 Å². The Bertz CT molecular complexity index is 1080. The second-order valence-electron chi connectivity index (χ2n) is 8.33. The van der Waals surface area contributed by atoms with E-state index in [-0.39, 0.29) is 11.9 Å². The van der Waals surface area contributed by atoms with Gasteiger partial charge in [0.15, 0.2) is 5.82 Å². The van der Waals surface area contributed by atoms with Gasteiger partial charge in [0.2, 0.25) is 0 Å². The zero-order valence-corrected chi connectivity index (χ0v) is 18.1. The van der Waals surface area contributed by atoms with Crippen LogP contribution in [0.3, 0.4) is 0 Å². The molecular weight excluding hydrogens is 432 g/mol. The molecule has 0 bridgehead atoms. The largest absolute Gasteiger partial charge is 0.337 e. The summed E-state index contributed by atoms with van der Waals surface area (Å²) in [5.74, 6) is 1.62. The zero-order valence-electron chi connectivity index (χ0n) is 16.5. The Labute approximate surface area is 178 Å². The summed E-state index contributed by atoms with van der Waals surface area (Å²) in [6.07, 6.45) is 4.48. The highest BCUT2D eigenvalue weighted by Gasteiger charge is 2.26. The maximum Gasteiger partial charge on any atom is 0.253 e. The number of benzene rings is 1. The average molecular weight is 457 g/mol. The molecule has 1 aliphatic heterocycles. The topological polar surface area (TPSA) is 82.0 Å². The lowest BCUT2D eigenvalue weighted by molar-refractivity contribution is 0.0709. The first-order chi connectivity index (χ1) is 14.0. The Morgan fingerprint density at radius 2 is 2.10 bits per heavy atom. The van der Waals surface area contributed by atoms with E-state index in [1.165, 1.54) is 12.8 Å². The maximum absolute atomic E-state index is 13.0. The van der Waals surface area contributed by atoms with Gasteiger partial charge < -0.3 is 15.2 Å². The number of piperidine rings is 1. The molecule has 2 aromatic heterocycles. The zero-order chi connectivity index (χ0) is 20.1. The molecule has 2 aliphatic rings. The second kappa shape index (κ2) is 7.25. The Morgan fingerprint density at radius 1 is 1.28 bits per heavy atom. The normalized spacial score (nSPS) is 19.8. The van der Waals surface area contributed by atoms with Crippen LogP contribution in [0.15, 0.2) is 28.9 Å². The highest BCUT2D eigenvalue weighted by Crippen LogP contribution is 2.33. The third-order valence-corrected chi connectivity index (χ3v) is 6.37. The third-order valence-electron chi connectivity index (χ3n) is 5.98. The summed E-state index contributed by atoms with van der Waals surface area (Å²) in [6, 6.07) is 7.87. The summed E-state index contributed by atoms with van der Waals surface area (Å²) >= 11 is 3.51. The van der Waals surface area contributed by atoms with Gasteiger partial charge in [-0.05, 0) is 65.7 Å². The Balaban J connectivity index is 1.49. The van der Waals surface area contributed by atoms with Crippen molar-refractivity contribution < 1.29 is 4.79 Å². The summed E-state index contributed by atoms with van der Waals surface area (Å²) in [5, 5.41) is 4.60. The van der Waals surface area contributed by atoms with E-state index in [0.717, 1.165) is 59.0 Å². The molecule has 1 saturated heterocycles. The molecule has 0 radical (unpaired) electrons. The van der Waals surface area contributed by atoms with Gasteiger partial charge in [0.1, 0.15) is 10.3 Å². The molecule has 8 heteroatoms. The predicted octanol–water partition coefficient (Wildman–Crippen LogP) is 3.17. The minimum atomic E-state index is 0.0378. The Hall–Kier alpha value is -2.19. The number of hydrogen-bond acceptors (Lipinski definition) is 4. The number of nitrogens with two attached hydrogens (primary N) is 1. The summed E-state index contributed by atoms with van der Waals surface area (Å²) in [6.45, 7) is 2.31. The molecule has 152 valence electrons. The molecule has 2 fully saturated rings. The monoisotopic (exact) mass is 456 g/mol. The van der Waals surface area contributed by atoms with E-state index in [1.54, 1.807) is 0 Å². The first-order valence-corrected chi connectivity index (χ1v) is 11.0. The minimum Gasteiger partial charge on any atom is -0.337 e. The van der Waals surface area contributed by atoms with Crippen molar-refractivity contribution in [1.29, 1.82) is 0 Å². The van der Waals surface area contributed by atoms with Crippen LogP contribution in [-0.2, 0) is 13.6 Å². The second-order valence-corrected chi connectivity index (χ2v) is 9.14. The van der Waals surface area contributed by atoms with Crippen molar-refractivity contribution in [2.75, 3.05) is 13.1 Å². The molecule has 0 unspecified atom stereocenters. The predicted molar refractivity (Wildman–Crippen MR) is 115 cm³/mol. The smallest absolute Gasteiger partial charge is 0.253 e. The van der Waals surface area contributed by atoms with Crippen molar-refractivity contribution in [1.82, 2.24) is 24.2 Å². The first kappa shape index (κ1) is 18.8. The van der Waals surface area contributed by atoms with Crippen molar-refractivity contribution in [3.8, 4) is 11.5 Å². The van der Waals surface area contributed by atoms with Crippen LogP contribution in [0.2, 0.25) is 0 Å². The van der Waals surface area contributed by atoms with Gasteiger partial charge in [-0.2, -0.15) is 5.10 Å². The number of imidazole rings is 1. The van der Waals surface area contributed by atoms with Gasteiger partial charge in [0.05, 0.1) is 11.0 Å². The van der Waals surface area contributed by atoms with Crippen LogP contribution in [0.1, 0.15) is 36.0 Å². The number of halogens is 1. The van der Waals surface area contributed by atoms with E-state index in [9.17, 15) is 4.79 Å². The number of carbonyl (C=O) groups excluding carboxylic acids is 1. The third kappa shape index (κ3) is 3.59. The van der Waals surface area contributed by atoms with Gasteiger partial charge in [-0.3, -0.25) is 9.48 Å². The fraction of sp³-hybridized carbons (Fsp3) is 0.476. The summed E-state index contributed by atoms with van der Waals surface area (Å²) in [5.41, 5.74) is 9.55. The quantitative estimate of drug-likeness (QED) is 0.653. The van der Waals surface area contributed by atoms with Crippen LogP contribution in [0.5, 0.6) is 0 Å². The van der Waals surface area contributed by atoms with E-state index >= 15 is 0 Å². The highest BCUT2D eigenvalue weighted by molar-refractivity contribution is 9.10. The molecule has 3 heterocycles. The van der Waals surface area contributed by atoms with E-state index in [1.807, 2.05) is 40.9 Å². The van der Waals surface area contributed by atoms with Gasteiger partial charge in [-0.15, -0.1) is 0 Å². The summed E-state index contributed by atoms with van der Waals surface area (Å²) < 4.78 is 4.94. The van der Waals surface area contributed by atoms with Gasteiger partial charge >= 0.3 is 0 Å². The van der Waals surface area contributed by atoms with Crippen molar-refractivity contribution >= 4 is 32.9 Å². The van der Waals surface area contributed by atoms with E-state index in [4.69, 9.17) is 10.7 Å². The summed E-state index contributed by atoms with van der Waals surface area (Å²) in [4.78, 5) is 19.7. The lowest BCUT2D eigenvalue weighted by Crippen LogP contribution is -2.45. The summed E-state index contributed by atoms with van der Waals surface area (Å²) in [7, 11) is 2.01. The molecule has 1 aromatic carbocycles. The standard InChI is InChI=1S/C21H25BrN6O/c1-26-17-7-6-14(21(29)27-8-2-3-15(23)12-27)9-16(17)24-20(26)18-10-19(22)25-28(18)11-13-4-5-13/h6-7,9-10,13,15H,2-5,8,11-12,23H2,1H3/t15-/m1/s1. The number of fused-ring (bicyclic) bond motifs is 1. The van der Waals surface area contributed by atoms with Gasteiger partial charge in [-0.25, -0.2) is 4.98 Å². The van der Waals surface area contributed by atoms with E-state index < -0.39 is 0 Å². The number of likely N-dealkylation sites (tertiary alicyclic amines) is 1. The number of hydrogen-bond donors (Lipinski definition) is 1. The number of aryl methyl sites for hydroxylation is 1. The molecule has 2 N–H and O–H groups in total. The lowest BCUT2D eigenvalue weighted by atomic mass is 10.1. The van der Waals surface area contributed by atoms with Crippen molar-refractivity contribution in [2.24, 2.45) is 18.7 Å². The average Bonchev–Trinajstić information content (AvgIpc) is 3.37. The van der Waals surface area contributed by atoms with Crippen molar-refractivity contribution in [3.63, 3.8) is 0 Å². The number of aromatic nitrogens is 4. The van der Waals surface area contributed by atoms with Crippen LogP contribution >= 0.6 is 15.9 Å². The van der Waals surface area contributed by atoms with Crippen LogP contribution in [0.4, 0.5) is 0 Å². The fourth-order valence-corrected chi connectivity index (χ4v) is 4.60. The Kier molecular flexibility index (Phi) is 4.70. The molecule has 29 heavy (non-hydrogen) atoms. The fourth-order valence-electron chi connectivity index (χ4n) is 4.19. The van der Waals surface area contributed by atoms with Crippen molar-refractivity contribution in [2.45, 2.75) is 38.3 Å². The van der Waals surface area contributed by atoms with E-state index in [0.29, 0.717) is 12.1 Å². The lowest BCUT2D eigenvalue weighted by Gasteiger charge is -2.30. The molecule has 3 aromatic rings. The SMILES string of the molecule is Cn1c(-c2cc(Br)nn2CC2CC2)nc2cc(C(=O)N3CCC[C@@H](N)C3)ccc21. The molecule has 7 nitrogen and oxygen atoms in total. The first-order valence-electron chi connectivity index (χ1n) is 10.2. The van der Waals surface area contributed by atoms with Crippen molar-refractivity contribution in [3.05, 3.63) is 34.4 Å². The van der Waals surface area contributed by atoms with Gasteiger partial charge in [-0.1, -0.05) is 0 Å². The van der Waals surface area contributed by atoms with Gasteiger partial charge in [0, 0.05) is 44.4 Å². The number of carbonyl (C=O) groups is 1. The molecule has 5 rings (SSSR count). The molecule has 1 saturated carbocycles. The number of rotatable bonds is 4. The van der Waals surface area contributed by atoms with E-state index in [2.05, 4.69) is 25.6 Å².